The number of halogens is 1. The third-order valence-electron chi connectivity index (χ3n) is 5.26. The number of guanidine groups is 1. The molecule has 1 aromatic heterocycles. The number of benzene rings is 1. The molecule has 1 aromatic carbocycles. The second-order valence-corrected chi connectivity index (χ2v) is 8.81. The van der Waals surface area contributed by atoms with Gasteiger partial charge in [0.15, 0.2) is 5.96 Å². The molecule has 1 aliphatic rings. The fourth-order valence-corrected chi connectivity index (χ4v) is 4.20. The molecule has 0 fully saturated rings. The van der Waals surface area contributed by atoms with Crippen molar-refractivity contribution >= 4 is 41.3 Å². The Balaban J connectivity index is 0.00000280. The minimum atomic E-state index is 0. The minimum absolute atomic E-state index is 0. The third-order valence-corrected chi connectivity index (χ3v) is 6.40. The Bertz CT molecular complexity index is 787. The van der Waals surface area contributed by atoms with Gasteiger partial charge in [0.1, 0.15) is 5.01 Å². The van der Waals surface area contributed by atoms with E-state index in [0.29, 0.717) is 6.54 Å². The highest BCUT2D eigenvalue weighted by molar-refractivity contribution is 14.0. The summed E-state index contributed by atoms with van der Waals surface area (Å²) in [4.78, 5) is 12.7. The molecule has 0 unspecified atom stereocenters. The number of hydrogen-bond acceptors (Lipinski definition) is 4. The first kappa shape index (κ1) is 23.1. The lowest BCUT2D eigenvalue weighted by atomic mass is 9.94. The Morgan fingerprint density at radius 3 is 2.68 bits per heavy atom. The van der Waals surface area contributed by atoms with Crippen molar-refractivity contribution in [1.82, 2.24) is 20.5 Å². The topological polar surface area (TPSA) is 52.6 Å². The van der Waals surface area contributed by atoms with Crippen LogP contribution in [-0.4, -0.2) is 41.5 Å². The number of hydrogen-bond donors (Lipinski definition) is 2. The number of fused-ring (bicyclic) bond motifs is 1. The number of nitrogens with one attached hydrogen (secondary N) is 2. The molecule has 0 atom stereocenters. The molecular weight excluding hydrogens is 481 g/mol. The smallest absolute Gasteiger partial charge is 0.191 e. The van der Waals surface area contributed by atoms with Crippen LogP contribution in [0.2, 0.25) is 0 Å². The second kappa shape index (κ2) is 10.5. The molecule has 7 heteroatoms. The monoisotopic (exact) mass is 513 g/mol. The standard InChI is InChI=1S/C21H31N5S.HI/c1-5-18-12-23-19(27-18)13-24-20(22-4)25-15-21(2,3)26-11-10-16-8-6-7-9-17(16)14-26;/h6-9,12H,5,10-11,13-15H2,1-4H3,(H2,22,24,25);1H. The van der Waals surface area contributed by atoms with Crippen LogP contribution >= 0.6 is 35.3 Å². The van der Waals surface area contributed by atoms with E-state index >= 15 is 0 Å². The summed E-state index contributed by atoms with van der Waals surface area (Å²) in [5, 5.41) is 7.98. The number of rotatable bonds is 6. The van der Waals surface area contributed by atoms with Crippen LogP contribution in [0.5, 0.6) is 0 Å². The van der Waals surface area contributed by atoms with Crippen molar-refractivity contribution in [1.29, 1.82) is 0 Å². The highest BCUT2D eigenvalue weighted by atomic mass is 127. The van der Waals surface area contributed by atoms with Gasteiger partial charge in [0.05, 0.1) is 6.54 Å². The summed E-state index contributed by atoms with van der Waals surface area (Å²) in [5.74, 6) is 0.828. The lowest BCUT2D eigenvalue weighted by Crippen LogP contribution is -2.54. The first-order valence-electron chi connectivity index (χ1n) is 9.71. The van der Waals surface area contributed by atoms with E-state index in [1.54, 1.807) is 11.3 Å². The lowest BCUT2D eigenvalue weighted by Gasteiger charge is -2.42. The lowest BCUT2D eigenvalue weighted by molar-refractivity contribution is 0.107. The van der Waals surface area contributed by atoms with Gasteiger partial charge in [-0.25, -0.2) is 4.98 Å². The highest BCUT2D eigenvalue weighted by Crippen LogP contribution is 2.24. The molecule has 1 aliphatic heterocycles. The molecule has 3 rings (SSSR count). The van der Waals surface area contributed by atoms with Crippen LogP contribution in [0.3, 0.4) is 0 Å². The molecule has 0 aliphatic carbocycles. The largest absolute Gasteiger partial charge is 0.355 e. The number of nitrogens with zero attached hydrogens (tertiary/aromatic N) is 3. The fourth-order valence-electron chi connectivity index (χ4n) is 3.40. The Hall–Kier alpha value is -1.19. The van der Waals surface area contributed by atoms with Gasteiger partial charge in [-0.3, -0.25) is 9.89 Å². The van der Waals surface area contributed by atoms with E-state index in [0.717, 1.165) is 43.4 Å². The minimum Gasteiger partial charge on any atom is -0.355 e. The van der Waals surface area contributed by atoms with Gasteiger partial charge < -0.3 is 10.6 Å². The maximum absolute atomic E-state index is 4.46. The summed E-state index contributed by atoms with van der Waals surface area (Å²) in [6.45, 7) is 10.4. The summed E-state index contributed by atoms with van der Waals surface area (Å²) in [6.07, 6.45) is 4.13. The molecule has 2 aromatic rings. The Morgan fingerprint density at radius 2 is 2.00 bits per heavy atom. The molecule has 0 saturated carbocycles. The van der Waals surface area contributed by atoms with Crippen LogP contribution in [0.4, 0.5) is 0 Å². The highest BCUT2D eigenvalue weighted by Gasteiger charge is 2.29. The van der Waals surface area contributed by atoms with Crippen molar-refractivity contribution in [3.8, 4) is 0 Å². The molecule has 2 heterocycles. The number of aromatic nitrogens is 1. The van der Waals surface area contributed by atoms with E-state index in [1.165, 1.54) is 16.0 Å². The van der Waals surface area contributed by atoms with Gasteiger partial charge in [-0.2, -0.15) is 0 Å². The van der Waals surface area contributed by atoms with Gasteiger partial charge in [0.25, 0.3) is 0 Å². The van der Waals surface area contributed by atoms with Gasteiger partial charge in [0.2, 0.25) is 0 Å². The predicted octanol–water partition coefficient (Wildman–Crippen LogP) is 3.83. The van der Waals surface area contributed by atoms with Crippen molar-refractivity contribution in [3.05, 3.63) is 51.5 Å². The van der Waals surface area contributed by atoms with Crippen LogP contribution in [0, 0.1) is 0 Å². The van der Waals surface area contributed by atoms with Gasteiger partial charge in [0, 0.05) is 43.3 Å². The number of thiazole rings is 1. The van der Waals surface area contributed by atoms with Crippen molar-refractivity contribution < 1.29 is 0 Å². The van der Waals surface area contributed by atoms with Crippen molar-refractivity contribution in [3.63, 3.8) is 0 Å². The maximum atomic E-state index is 4.46. The molecule has 28 heavy (non-hydrogen) atoms. The summed E-state index contributed by atoms with van der Waals surface area (Å²) in [7, 11) is 1.82. The summed E-state index contributed by atoms with van der Waals surface area (Å²) >= 11 is 1.76. The maximum Gasteiger partial charge on any atom is 0.191 e. The van der Waals surface area contributed by atoms with Crippen molar-refractivity contribution in [2.45, 2.75) is 52.2 Å². The van der Waals surface area contributed by atoms with Crippen LogP contribution < -0.4 is 10.6 Å². The molecule has 2 N–H and O–H groups in total. The zero-order valence-corrected chi connectivity index (χ0v) is 20.4. The molecule has 0 saturated heterocycles. The fraction of sp³-hybridized carbons (Fsp3) is 0.524. The van der Waals surface area contributed by atoms with E-state index in [4.69, 9.17) is 0 Å². The first-order valence-corrected chi connectivity index (χ1v) is 10.5. The van der Waals surface area contributed by atoms with Gasteiger partial charge in [-0.05, 0) is 37.8 Å². The Kier molecular flexibility index (Phi) is 8.70. The van der Waals surface area contributed by atoms with Gasteiger partial charge in [-0.15, -0.1) is 35.3 Å². The molecule has 0 amide bonds. The first-order chi connectivity index (χ1) is 13.0. The number of aliphatic imine (C=N–C) groups is 1. The zero-order chi connectivity index (χ0) is 19.3. The third kappa shape index (κ3) is 5.90. The van der Waals surface area contributed by atoms with Crippen molar-refractivity contribution in [2.75, 3.05) is 20.1 Å². The normalized spacial score (nSPS) is 14.9. The van der Waals surface area contributed by atoms with Crippen LogP contribution in [0.15, 0.2) is 35.5 Å². The number of aryl methyl sites for hydroxylation is 1. The molecule has 0 bridgehead atoms. The molecule has 5 nitrogen and oxygen atoms in total. The molecule has 0 spiro atoms. The van der Waals surface area contributed by atoms with Gasteiger partial charge in [-0.1, -0.05) is 31.2 Å². The summed E-state index contributed by atoms with van der Waals surface area (Å²) in [6, 6.07) is 8.79. The Morgan fingerprint density at radius 1 is 1.25 bits per heavy atom. The predicted molar refractivity (Wildman–Crippen MR) is 130 cm³/mol. The van der Waals surface area contributed by atoms with Gasteiger partial charge >= 0.3 is 0 Å². The van der Waals surface area contributed by atoms with E-state index in [9.17, 15) is 0 Å². The van der Waals surface area contributed by atoms with Crippen LogP contribution in [-0.2, 0) is 25.9 Å². The average molecular weight is 513 g/mol. The van der Waals surface area contributed by atoms with Crippen LogP contribution in [0.1, 0.15) is 41.8 Å². The molecular formula is C21H32IN5S. The summed E-state index contributed by atoms with van der Waals surface area (Å²) < 4.78 is 0. The van der Waals surface area contributed by atoms with E-state index < -0.39 is 0 Å². The zero-order valence-electron chi connectivity index (χ0n) is 17.3. The molecule has 0 radical (unpaired) electrons. The quantitative estimate of drug-likeness (QED) is 0.351. The summed E-state index contributed by atoms with van der Waals surface area (Å²) in [5.41, 5.74) is 2.99. The van der Waals surface area contributed by atoms with E-state index in [-0.39, 0.29) is 29.5 Å². The van der Waals surface area contributed by atoms with E-state index in [2.05, 4.69) is 70.5 Å². The van der Waals surface area contributed by atoms with Crippen LogP contribution in [0.25, 0.3) is 0 Å². The Labute approximate surface area is 190 Å². The second-order valence-electron chi connectivity index (χ2n) is 7.61. The average Bonchev–Trinajstić information content (AvgIpc) is 3.16. The van der Waals surface area contributed by atoms with Crippen molar-refractivity contribution in [2.24, 2.45) is 4.99 Å². The SMILES string of the molecule is CCc1cnc(CNC(=NC)NCC(C)(C)N2CCc3ccccc3C2)s1.I. The molecule has 154 valence electrons. The van der Waals surface area contributed by atoms with E-state index in [1.807, 2.05) is 13.2 Å².